The average Bonchev–Trinajstić information content (AvgIpc) is 2.49. The molecule has 1 aliphatic rings. The molecule has 0 aromatic rings. The van der Waals surface area contributed by atoms with Crippen molar-refractivity contribution < 1.29 is 0 Å². The standard InChI is InChI=1S/C11H23N/c1-5-10(3)12(4)11-7-6-9(2)8-11/h9-11H,5-8H2,1-4H3. The van der Waals surface area contributed by atoms with Crippen molar-refractivity contribution >= 4 is 0 Å². The number of hydrogen-bond acceptors (Lipinski definition) is 1. The molecule has 1 heteroatoms. The largest absolute Gasteiger partial charge is 0.301 e. The molecule has 0 aliphatic heterocycles. The van der Waals surface area contributed by atoms with Crippen LogP contribution in [0.2, 0.25) is 0 Å². The van der Waals surface area contributed by atoms with Crippen LogP contribution in [-0.2, 0) is 0 Å². The second-order valence-electron chi connectivity index (χ2n) is 4.49. The molecule has 0 saturated heterocycles. The van der Waals surface area contributed by atoms with Gasteiger partial charge in [-0.1, -0.05) is 13.8 Å². The highest BCUT2D eigenvalue weighted by Crippen LogP contribution is 2.29. The molecule has 0 aromatic heterocycles. The maximum Gasteiger partial charge on any atom is 0.00976 e. The van der Waals surface area contributed by atoms with E-state index in [9.17, 15) is 0 Å². The van der Waals surface area contributed by atoms with Crippen LogP contribution in [0, 0.1) is 5.92 Å². The van der Waals surface area contributed by atoms with E-state index in [1.54, 1.807) is 0 Å². The zero-order chi connectivity index (χ0) is 9.14. The Balaban J connectivity index is 2.37. The molecule has 3 atom stereocenters. The minimum atomic E-state index is 0.764. The van der Waals surface area contributed by atoms with E-state index in [0.717, 1.165) is 18.0 Å². The van der Waals surface area contributed by atoms with Gasteiger partial charge >= 0.3 is 0 Å². The summed E-state index contributed by atoms with van der Waals surface area (Å²) in [4.78, 5) is 2.57. The Hall–Kier alpha value is -0.0400. The first kappa shape index (κ1) is 10.0. The van der Waals surface area contributed by atoms with Crippen molar-refractivity contribution in [3.05, 3.63) is 0 Å². The van der Waals surface area contributed by atoms with Crippen molar-refractivity contribution in [1.29, 1.82) is 0 Å². The summed E-state index contributed by atoms with van der Waals surface area (Å²) in [5.74, 6) is 0.960. The van der Waals surface area contributed by atoms with Crippen molar-refractivity contribution in [3.8, 4) is 0 Å². The molecule has 0 bridgehead atoms. The highest BCUT2D eigenvalue weighted by molar-refractivity contribution is 4.81. The van der Waals surface area contributed by atoms with Crippen LogP contribution in [0.5, 0.6) is 0 Å². The Morgan fingerprint density at radius 3 is 2.50 bits per heavy atom. The summed E-state index contributed by atoms with van der Waals surface area (Å²) in [7, 11) is 2.29. The van der Waals surface area contributed by atoms with Crippen molar-refractivity contribution in [2.45, 2.75) is 58.5 Å². The fourth-order valence-electron chi connectivity index (χ4n) is 2.19. The van der Waals surface area contributed by atoms with Crippen LogP contribution in [0.1, 0.15) is 46.5 Å². The number of nitrogens with zero attached hydrogens (tertiary/aromatic N) is 1. The molecule has 0 aromatic carbocycles. The van der Waals surface area contributed by atoms with E-state index in [4.69, 9.17) is 0 Å². The molecule has 1 nitrogen and oxygen atoms in total. The van der Waals surface area contributed by atoms with Gasteiger partial charge in [-0.25, -0.2) is 0 Å². The SMILES string of the molecule is CCC(C)N(C)C1CCC(C)C1. The molecule has 1 fully saturated rings. The molecule has 72 valence electrons. The molecule has 0 spiro atoms. The van der Waals surface area contributed by atoms with Gasteiger partial charge in [0.2, 0.25) is 0 Å². The van der Waals surface area contributed by atoms with Gasteiger partial charge in [0.25, 0.3) is 0 Å². The summed E-state index contributed by atoms with van der Waals surface area (Å²) in [6.45, 7) is 6.99. The molecular formula is C11H23N. The van der Waals surface area contributed by atoms with Crippen LogP contribution in [-0.4, -0.2) is 24.0 Å². The number of hydrogen-bond donors (Lipinski definition) is 0. The highest BCUT2D eigenvalue weighted by Gasteiger charge is 2.26. The third-order valence-corrected chi connectivity index (χ3v) is 3.53. The Morgan fingerprint density at radius 1 is 1.42 bits per heavy atom. The van der Waals surface area contributed by atoms with Crippen molar-refractivity contribution in [3.63, 3.8) is 0 Å². The maximum atomic E-state index is 2.57. The zero-order valence-corrected chi connectivity index (χ0v) is 9.01. The summed E-state index contributed by atoms with van der Waals surface area (Å²) >= 11 is 0. The fraction of sp³-hybridized carbons (Fsp3) is 1.00. The molecule has 1 aliphatic carbocycles. The Kier molecular flexibility index (Phi) is 3.57. The number of rotatable bonds is 3. The second-order valence-corrected chi connectivity index (χ2v) is 4.49. The minimum Gasteiger partial charge on any atom is -0.301 e. The van der Waals surface area contributed by atoms with Crippen LogP contribution in [0.15, 0.2) is 0 Å². The molecule has 1 rings (SSSR count). The third kappa shape index (κ3) is 2.22. The monoisotopic (exact) mass is 169 g/mol. The van der Waals surface area contributed by atoms with E-state index in [-0.39, 0.29) is 0 Å². The Morgan fingerprint density at radius 2 is 2.08 bits per heavy atom. The van der Waals surface area contributed by atoms with Crippen molar-refractivity contribution in [2.75, 3.05) is 7.05 Å². The first-order chi connectivity index (χ1) is 5.65. The van der Waals surface area contributed by atoms with Gasteiger partial charge in [0.1, 0.15) is 0 Å². The summed E-state index contributed by atoms with van der Waals surface area (Å²) in [5.41, 5.74) is 0. The second kappa shape index (κ2) is 4.27. The molecular weight excluding hydrogens is 146 g/mol. The zero-order valence-electron chi connectivity index (χ0n) is 9.01. The molecule has 0 N–H and O–H groups in total. The lowest BCUT2D eigenvalue weighted by Gasteiger charge is -2.29. The molecule has 0 amide bonds. The first-order valence-electron chi connectivity index (χ1n) is 5.37. The molecule has 1 saturated carbocycles. The van der Waals surface area contributed by atoms with Crippen LogP contribution in [0.4, 0.5) is 0 Å². The molecule has 12 heavy (non-hydrogen) atoms. The lowest BCUT2D eigenvalue weighted by atomic mass is 10.1. The first-order valence-corrected chi connectivity index (χ1v) is 5.37. The third-order valence-electron chi connectivity index (χ3n) is 3.53. The predicted molar refractivity (Wildman–Crippen MR) is 54.3 cm³/mol. The van der Waals surface area contributed by atoms with Gasteiger partial charge < -0.3 is 4.90 Å². The quantitative estimate of drug-likeness (QED) is 0.628. The van der Waals surface area contributed by atoms with Gasteiger partial charge in [-0.15, -0.1) is 0 Å². The van der Waals surface area contributed by atoms with E-state index in [2.05, 4.69) is 32.7 Å². The lowest BCUT2D eigenvalue weighted by molar-refractivity contribution is 0.179. The predicted octanol–water partition coefficient (Wildman–Crippen LogP) is 2.91. The minimum absolute atomic E-state index is 0.764. The van der Waals surface area contributed by atoms with Crippen LogP contribution in [0.25, 0.3) is 0 Å². The molecule has 0 heterocycles. The van der Waals surface area contributed by atoms with E-state index in [1.165, 1.54) is 25.7 Å². The Labute approximate surface area is 77.1 Å². The Bertz CT molecular complexity index is 133. The van der Waals surface area contributed by atoms with E-state index in [1.807, 2.05) is 0 Å². The smallest absolute Gasteiger partial charge is 0.00976 e. The summed E-state index contributed by atoms with van der Waals surface area (Å²) in [6, 6.07) is 1.63. The van der Waals surface area contributed by atoms with E-state index >= 15 is 0 Å². The van der Waals surface area contributed by atoms with Crippen LogP contribution < -0.4 is 0 Å². The van der Waals surface area contributed by atoms with E-state index in [0.29, 0.717) is 0 Å². The van der Waals surface area contributed by atoms with Crippen molar-refractivity contribution in [2.24, 2.45) is 5.92 Å². The topological polar surface area (TPSA) is 3.24 Å². The van der Waals surface area contributed by atoms with Gasteiger partial charge in [0.15, 0.2) is 0 Å². The van der Waals surface area contributed by atoms with Gasteiger partial charge in [0.05, 0.1) is 0 Å². The summed E-state index contributed by atoms with van der Waals surface area (Å²) < 4.78 is 0. The van der Waals surface area contributed by atoms with E-state index < -0.39 is 0 Å². The van der Waals surface area contributed by atoms with Gasteiger partial charge in [-0.3, -0.25) is 0 Å². The van der Waals surface area contributed by atoms with Gasteiger partial charge in [0, 0.05) is 12.1 Å². The van der Waals surface area contributed by atoms with Gasteiger partial charge in [-0.2, -0.15) is 0 Å². The van der Waals surface area contributed by atoms with Gasteiger partial charge in [-0.05, 0) is 45.6 Å². The lowest BCUT2D eigenvalue weighted by Crippen LogP contribution is -2.36. The average molecular weight is 169 g/mol. The fourth-order valence-corrected chi connectivity index (χ4v) is 2.19. The highest BCUT2D eigenvalue weighted by atomic mass is 15.2. The summed E-state index contributed by atoms with van der Waals surface area (Å²) in [6.07, 6.45) is 5.55. The van der Waals surface area contributed by atoms with Crippen LogP contribution in [0.3, 0.4) is 0 Å². The summed E-state index contributed by atoms with van der Waals surface area (Å²) in [5, 5.41) is 0. The molecule has 0 radical (unpaired) electrons. The van der Waals surface area contributed by atoms with Crippen LogP contribution >= 0.6 is 0 Å². The maximum absolute atomic E-state index is 2.57. The van der Waals surface area contributed by atoms with Crippen molar-refractivity contribution in [1.82, 2.24) is 4.90 Å². The normalized spacial score (nSPS) is 32.8. The molecule has 3 unspecified atom stereocenters.